The fourth-order valence-corrected chi connectivity index (χ4v) is 2.10. The lowest BCUT2D eigenvalue weighted by atomic mass is 10.3. The van der Waals surface area contributed by atoms with Gasteiger partial charge in [0, 0.05) is 0 Å². The van der Waals surface area contributed by atoms with Crippen LogP contribution in [0.3, 0.4) is 0 Å². The first-order chi connectivity index (χ1) is 7.60. The second-order valence-corrected chi connectivity index (χ2v) is 4.77. The first-order valence-corrected chi connectivity index (χ1v) is 6.49. The van der Waals surface area contributed by atoms with E-state index in [-0.39, 0.29) is 11.5 Å². The number of thiocarbonyl (C=S) groups is 1. The average Bonchev–Trinajstić information content (AvgIpc) is 2.28. The highest BCUT2D eigenvalue weighted by atomic mass is 32.2. The summed E-state index contributed by atoms with van der Waals surface area (Å²) in [6, 6.07) is 5.94. The fourth-order valence-electron chi connectivity index (χ4n) is 1.00. The molecular weight excluding hydrogens is 246 g/mol. The Balaban J connectivity index is 2.92. The maximum atomic E-state index is 11.6. The van der Waals surface area contributed by atoms with Crippen LogP contribution in [0.15, 0.2) is 34.2 Å². The van der Waals surface area contributed by atoms with Crippen molar-refractivity contribution in [1.82, 2.24) is 0 Å². The van der Waals surface area contributed by atoms with Gasteiger partial charge in [-0.05, 0) is 42.9 Å². The van der Waals surface area contributed by atoms with Gasteiger partial charge in [0.2, 0.25) is 0 Å². The summed E-state index contributed by atoms with van der Waals surface area (Å²) in [4.78, 5) is 3.84. The van der Waals surface area contributed by atoms with Gasteiger partial charge in [0.05, 0.1) is 22.4 Å². The van der Waals surface area contributed by atoms with Crippen LogP contribution in [-0.2, 0) is 14.3 Å². The molecule has 0 N–H and O–H groups in total. The van der Waals surface area contributed by atoms with E-state index in [1.165, 1.54) is 12.1 Å². The number of hydrogen-bond acceptors (Lipinski definition) is 5. The Morgan fingerprint density at radius 2 is 2.00 bits per heavy atom. The Morgan fingerprint density at radius 3 is 2.50 bits per heavy atom. The van der Waals surface area contributed by atoms with Gasteiger partial charge in [0.1, 0.15) is 0 Å². The van der Waals surface area contributed by atoms with Crippen LogP contribution in [0.25, 0.3) is 0 Å². The van der Waals surface area contributed by atoms with E-state index in [9.17, 15) is 8.42 Å². The molecule has 0 aliphatic heterocycles. The highest BCUT2D eigenvalue weighted by Gasteiger charge is 2.13. The van der Waals surface area contributed by atoms with Crippen molar-refractivity contribution in [3.05, 3.63) is 24.3 Å². The summed E-state index contributed by atoms with van der Waals surface area (Å²) in [7, 11) is -3.64. The van der Waals surface area contributed by atoms with Crippen molar-refractivity contribution in [2.24, 2.45) is 4.99 Å². The molecule has 0 unspecified atom stereocenters. The van der Waals surface area contributed by atoms with Crippen LogP contribution in [0.2, 0.25) is 0 Å². The van der Waals surface area contributed by atoms with Crippen molar-refractivity contribution in [3.8, 4) is 0 Å². The van der Waals surface area contributed by atoms with Gasteiger partial charge in [0.15, 0.2) is 0 Å². The normalized spacial score (nSPS) is 10.8. The molecule has 0 saturated carbocycles. The molecule has 0 fully saturated rings. The molecule has 86 valence electrons. The molecular formula is C10H11NO3S2. The van der Waals surface area contributed by atoms with Crippen LogP contribution in [0.4, 0.5) is 5.69 Å². The smallest absolute Gasteiger partial charge is 0.266 e. The molecule has 16 heavy (non-hydrogen) atoms. The molecule has 1 rings (SSSR count). The average molecular weight is 257 g/mol. The number of benzene rings is 1. The molecule has 4 nitrogen and oxygen atoms in total. The minimum atomic E-state index is -3.64. The van der Waals surface area contributed by atoms with Crippen molar-refractivity contribution in [3.63, 3.8) is 0 Å². The summed E-state index contributed by atoms with van der Waals surface area (Å²) in [5.41, 5.74) is 0.560. The zero-order chi connectivity index (χ0) is 12.0. The molecule has 0 aliphatic carbocycles. The molecule has 0 spiro atoms. The first kappa shape index (κ1) is 13.0. The Hall–Kier alpha value is -1.07. The third kappa shape index (κ3) is 3.50. The largest absolute Gasteiger partial charge is 0.296 e. The van der Waals surface area contributed by atoms with Gasteiger partial charge < -0.3 is 0 Å². The summed E-state index contributed by atoms with van der Waals surface area (Å²) >= 11 is 4.44. The van der Waals surface area contributed by atoms with Crippen LogP contribution in [0.5, 0.6) is 0 Å². The summed E-state index contributed by atoms with van der Waals surface area (Å²) in [6.07, 6.45) is 0.645. The maximum Gasteiger partial charge on any atom is 0.296 e. The monoisotopic (exact) mass is 257 g/mol. The van der Waals surface area contributed by atoms with Gasteiger partial charge >= 0.3 is 0 Å². The van der Waals surface area contributed by atoms with Gasteiger partial charge in [-0.3, -0.25) is 4.18 Å². The molecule has 0 aliphatic rings. The van der Waals surface area contributed by atoms with Crippen molar-refractivity contribution in [2.45, 2.75) is 18.2 Å². The highest BCUT2D eigenvalue weighted by Crippen LogP contribution is 2.17. The molecule has 0 radical (unpaired) electrons. The van der Waals surface area contributed by atoms with Crippen LogP contribution in [0.1, 0.15) is 13.3 Å². The van der Waals surface area contributed by atoms with Crippen molar-refractivity contribution in [2.75, 3.05) is 6.61 Å². The predicted octanol–water partition coefficient (Wildman–Crippen LogP) is 2.54. The molecule has 0 atom stereocenters. The third-order valence-corrected chi connectivity index (χ3v) is 3.16. The molecule has 0 amide bonds. The van der Waals surface area contributed by atoms with Crippen LogP contribution < -0.4 is 0 Å². The predicted molar refractivity (Wildman–Crippen MR) is 64.6 cm³/mol. The van der Waals surface area contributed by atoms with E-state index in [0.29, 0.717) is 12.1 Å². The van der Waals surface area contributed by atoms with E-state index in [0.717, 1.165) is 0 Å². The maximum absolute atomic E-state index is 11.6. The zero-order valence-electron chi connectivity index (χ0n) is 8.71. The first-order valence-electron chi connectivity index (χ1n) is 4.67. The molecule has 6 heteroatoms. The molecule has 0 saturated heterocycles. The molecule has 1 aromatic rings. The molecule has 1 aromatic carbocycles. The molecule has 0 heterocycles. The number of isothiocyanates is 1. The lowest BCUT2D eigenvalue weighted by Gasteiger charge is -2.03. The van der Waals surface area contributed by atoms with Gasteiger partial charge in [-0.2, -0.15) is 13.4 Å². The lowest BCUT2D eigenvalue weighted by Crippen LogP contribution is -2.06. The van der Waals surface area contributed by atoms with Crippen molar-refractivity contribution in [1.29, 1.82) is 0 Å². The molecule has 0 aromatic heterocycles. The second kappa shape index (κ2) is 5.86. The van der Waals surface area contributed by atoms with E-state index in [1.807, 2.05) is 6.92 Å². The standard InChI is InChI=1S/C10H11NO3S2/c1-2-7-14-16(12,13)10-5-3-9(4-6-10)11-8-15/h3-6H,2,7H2,1H3. The van der Waals surface area contributed by atoms with Crippen molar-refractivity contribution >= 4 is 33.2 Å². The lowest BCUT2D eigenvalue weighted by molar-refractivity contribution is 0.318. The number of hydrogen-bond donors (Lipinski definition) is 0. The van der Waals surface area contributed by atoms with Crippen LogP contribution >= 0.6 is 12.2 Å². The van der Waals surface area contributed by atoms with Crippen LogP contribution in [-0.4, -0.2) is 20.2 Å². The quantitative estimate of drug-likeness (QED) is 0.462. The number of rotatable bonds is 5. The van der Waals surface area contributed by atoms with E-state index >= 15 is 0 Å². The Kier molecular flexibility index (Phi) is 4.76. The van der Waals surface area contributed by atoms with E-state index < -0.39 is 10.1 Å². The summed E-state index contributed by atoms with van der Waals surface area (Å²) < 4.78 is 27.9. The highest BCUT2D eigenvalue weighted by molar-refractivity contribution is 7.86. The summed E-state index contributed by atoms with van der Waals surface area (Å²) in [5.74, 6) is 0. The van der Waals surface area contributed by atoms with Gasteiger partial charge in [-0.15, -0.1) is 0 Å². The van der Waals surface area contributed by atoms with E-state index in [1.54, 1.807) is 12.1 Å². The number of aliphatic imine (C=N–C) groups is 1. The minimum Gasteiger partial charge on any atom is -0.266 e. The Bertz CT molecular complexity index is 487. The second-order valence-electron chi connectivity index (χ2n) is 2.97. The Morgan fingerprint density at radius 1 is 1.38 bits per heavy atom. The minimum absolute atomic E-state index is 0.115. The van der Waals surface area contributed by atoms with E-state index in [4.69, 9.17) is 4.18 Å². The van der Waals surface area contributed by atoms with Gasteiger partial charge in [-0.25, -0.2) is 0 Å². The topological polar surface area (TPSA) is 55.7 Å². The van der Waals surface area contributed by atoms with Gasteiger partial charge in [-0.1, -0.05) is 6.92 Å². The summed E-state index contributed by atoms with van der Waals surface area (Å²) in [5, 5.41) is 2.20. The number of nitrogens with zero attached hydrogens (tertiary/aromatic N) is 1. The van der Waals surface area contributed by atoms with Crippen LogP contribution in [0, 0.1) is 0 Å². The fraction of sp³-hybridized carbons (Fsp3) is 0.300. The van der Waals surface area contributed by atoms with Crippen molar-refractivity contribution < 1.29 is 12.6 Å². The molecule has 0 bridgehead atoms. The Labute approximate surface area is 100 Å². The third-order valence-electron chi connectivity index (χ3n) is 1.74. The van der Waals surface area contributed by atoms with E-state index in [2.05, 4.69) is 22.4 Å². The SMILES string of the molecule is CCCOS(=O)(=O)c1ccc(N=C=S)cc1. The zero-order valence-corrected chi connectivity index (χ0v) is 10.3. The van der Waals surface area contributed by atoms with Gasteiger partial charge in [0.25, 0.3) is 10.1 Å². The summed E-state index contributed by atoms with van der Waals surface area (Å²) in [6.45, 7) is 2.02.